The zero-order chi connectivity index (χ0) is 14.7. The summed E-state index contributed by atoms with van der Waals surface area (Å²) in [6.07, 6.45) is 5.33. The van der Waals surface area contributed by atoms with E-state index >= 15 is 0 Å². The quantitative estimate of drug-likeness (QED) is 0.654. The third-order valence-corrected chi connectivity index (χ3v) is 3.47. The van der Waals surface area contributed by atoms with E-state index < -0.39 is 0 Å². The largest absolute Gasteiger partial charge is 0.382 e. The fourth-order valence-corrected chi connectivity index (χ4v) is 2.34. The SMILES string of the molecule is N=C(N)c1cc(-c2cncc(N3CCOCC3)c2)ccn1. The first-order valence-electron chi connectivity index (χ1n) is 6.82. The molecule has 1 fully saturated rings. The number of amidine groups is 1. The van der Waals surface area contributed by atoms with Crippen LogP contribution < -0.4 is 10.6 Å². The van der Waals surface area contributed by atoms with Crippen LogP contribution in [0, 0.1) is 5.41 Å². The van der Waals surface area contributed by atoms with E-state index in [-0.39, 0.29) is 5.84 Å². The lowest BCUT2D eigenvalue weighted by atomic mass is 10.1. The standard InChI is InChI=1S/C15H17N5O/c16-15(17)14-8-11(1-2-19-14)12-7-13(10-18-9-12)20-3-5-21-6-4-20/h1-2,7-10H,3-6H2,(H3,16,17). The second-order valence-corrected chi connectivity index (χ2v) is 4.87. The summed E-state index contributed by atoms with van der Waals surface area (Å²) < 4.78 is 5.37. The summed E-state index contributed by atoms with van der Waals surface area (Å²) >= 11 is 0. The zero-order valence-electron chi connectivity index (χ0n) is 11.6. The van der Waals surface area contributed by atoms with Crippen LogP contribution in [0.15, 0.2) is 36.8 Å². The van der Waals surface area contributed by atoms with Crippen molar-refractivity contribution in [3.63, 3.8) is 0 Å². The van der Waals surface area contributed by atoms with E-state index in [0.717, 1.165) is 43.1 Å². The molecule has 0 aromatic carbocycles. The highest BCUT2D eigenvalue weighted by Gasteiger charge is 2.12. The molecule has 1 aliphatic rings. The number of nitrogen functional groups attached to an aromatic ring is 1. The van der Waals surface area contributed by atoms with Crippen LogP contribution in [0.2, 0.25) is 0 Å². The molecule has 1 aliphatic heterocycles. The summed E-state index contributed by atoms with van der Waals surface area (Å²) in [5.41, 5.74) is 8.99. The minimum atomic E-state index is -0.0332. The van der Waals surface area contributed by atoms with E-state index in [1.807, 2.05) is 24.5 Å². The molecule has 0 radical (unpaired) electrons. The fourth-order valence-electron chi connectivity index (χ4n) is 2.34. The third-order valence-electron chi connectivity index (χ3n) is 3.47. The molecule has 2 aromatic heterocycles. The van der Waals surface area contributed by atoms with Crippen molar-refractivity contribution in [1.82, 2.24) is 9.97 Å². The number of rotatable bonds is 3. The van der Waals surface area contributed by atoms with Gasteiger partial charge in [0.25, 0.3) is 0 Å². The topological polar surface area (TPSA) is 88.1 Å². The number of anilines is 1. The molecular formula is C15H17N5O. The molecule has 3 N–H and O–H groups in total. The van der Waals surface area contributed by atoms with Crippen LogP contribution in [-0.2, 0) is 4.74 Å². The highest BCUT2D eigenvalue weighted by atomic mass is 16.5. The van der Waals surface area contributed by atoms with Crippen LogP contribution in [0.1, 0.15) is 5.69 Å². The molecule has 3 heterocycles. The molecule has 0 unspecified atom stereocenters. The normalized spacial score (nSPS) is 15.0. The summed E-state index contributed by atoms with van der Waals surface area (Å²) in [7, 11) is 0. The maximum absolute atomic E-state index is 7.47. The fraction of sp³-hybridized carbons (Fsp3) is 0.267. The zero-order valence-corrected chi connectivity index (χ0v) is 11.6. The van der Waals surface area contributed by atoms with Crippen molar-refractivity contribution in [2.75, 3.05) is 31.2 Å². The number of nitrogens with zero attached hydrogens (tertiary/aromatic N) is 3. The average molecular weight is 283 g/mol. The van der Waals surface area contributed by atoms with Crippen LogP contribution in [0.3, 0.4) is 0 Å². The highest BCUT2D eigenvalue weighted by Crippen LogP contribution is 2.24. The second kappa shape index (κ2) is 5.88. The monoisotopic (exact) mass is 283 g/mol. The van der Waals surface area contributed by atoms with Gasteiger partial charge in [0.15, 0.2) is 0 Å². The van der Waals surface area contributed by atoms with Gasteiger partial charge in [-0.15, -0.1) is 0 Å². The van der Waals surface area contributed by atoms with Crippen LogP contribution in [0.25, 0.3) is 11.1 Å². The highest BCUT2D eigenvalue weighted by molar-refractivity contribution is 5.94. The van der Waals surface area contributed by atoms with Crippen molar-refractivity contribution in [3.05, 3.63) is 42.5 Å². The smallest absolute Gasteiger partial charge is 0.141 e. The number of pyridine rings is 2. The van der Waals surface area contributed by atoms with Gasteiger partial charge in [-0.1, -0.05) is 0 Å². The van der Waals surface area contributed by atoms with Crippen molar-refractivity contribution in [2.24, 2.45) is 5.73 Å². The molecule has 0 amide bonds. The van der Waals surface area contributed by atoms with Crippen LogP contribution in [0.5, 0.6) is 0 Å². The van der Waals surface area contributed by atoms with Crippen molar-refractivity contribution in [1.29, 1.82) is 5.41 Å². The molecule has 108 valence electrons. The van der Waals surface area contributed by atoms with E-state index in [1.165, 1.54) is 0 Å². The van der Waals surface area contributed by atoms with Gasteiger partial charge in [0.2, 0.25) is 0 Å². The first-order chi connectivity index (χ1) is 10.2. The Bertz CT molecular complexity index is 652. The lowest BCUT2D eigenvalue weighted by Gasteiger charge is -2.28. The number of aromatic nitrogens is 2. The maximum atomic E-state index is 7.47. The summed E-state index contributed by atoms with van der Waals surface area (Å²) in [6, 6.07) is 5.80. The van der Waals surface area contributed by atoms with Gasteiger partial charge in [-0.2, -0.15) is 0 Å². The maximum Gasteiger partial charge on any atom is 0.141 e. The van der Waals surface area contributed by atoms with E-state index in [9.17, 15) is 0 Å². The molecule has 1 saturated heterocycles. The second-order valence-electron chi connectivity index (χ2n) is 4.87. The van der Waals surface area contributed by atoms with Gasteiger partial charge in [-0.25, -0.2) is 0 Å². The van der Waals surface area contributed by atoms with Gasteiger partial charge >= 0.3 is 0 Å². The van der Waals surface area contributed by atoms with Crippen molar-refractivity contribution >= 4 is 11.5 Å². The predicted molar refractivity (Wildman–Crippen MR) is 81.5 cm³/mol. The Morgan fingerprint density at radius 2 is 2.00 bits per heavy atom. The molecule has 6 heteroatoms. The predicted octanol–water partition coefficient (Wildman–Crippen LogP) is 1.26. The summed E-state index contributed by atoms with van der Waals surface area (Å²) in [5.74, 6) is -0.0332. The Hall–Kier alpha value is -2.47. The van der Waals surface area contributed by atoms with Crippen LogP contribution >= 0.6 is 0 Å². The summed E-state index contributed by atoms with van der Waals surface area (Å²) in [4.78, 5) is 10.7. The molecule has 2 aromatic rings. The third kappa shape index (κ3) is 3.00. The molecule has 3 rings (SSSR count). The van der Waals surface area contributed by atoms with Gasteiger partial charge in [0.1, 0.15) is 11.5 Å². The Kier molecular flexibility index (Phi) is 3.79. The lowest BCUT2D eigenvalue weighted by molar-refractivity contribution is 0.122. The van der Waals surface area contributed by atoms with E-state index in [0.29, 0.717) is 5.69 Å². The average Bonchev–Trinajstić information content (AvgIpc) is 2.56. The Morgan fingerprint density at radius 1 is 1.19 bits per heavy atom. The van der Waals surface area contributed by atoms with Crippen LogP contribution in [-0.4, -0.2) is 42.1 Å². The number of nitrogens with one attached hydrogen (secondary N) is 1. The molecule has 0 bridgehead atoms. The van der Waals surface area contributed by atoms with E-state index in [2.05, 4.69) is 20.9 Å². The number of morpholine rings is 1. The number of hydrogen-bond donors (Lipinski definition) is 2. The van der Waals surface area contributed by atoms with Gasteiger partial charge in [-0.05, 0) is 23.8 Å². The van der Waals surface area contributed by atoms with Gasteiger partial charge < -0.3 is 15.4 Å². The number of hydrogen-bond acceptors (Lipinski definition) is 5. The minimum Gasteiger partial charge on any atom is -0.382 e. The Morgan fingerprint density at radius 3 is 2.76 bits per heavy atom. The number of ether oxygens (including phenoxy) is 1. The van der Waals surface area contributed by atoms with Gasteiger partial charge in [-0.3, -0.25) is 15.4 Å². The van der Waals surface area contributed by atoms with Crippen molar-refractivity contribution in [3.8, 4) is 11.1 Å². The Labute approximate surface area is 123 Å². The first kappa shape index (κ1) is 13.5. The first-order valence-corrected chi connectivity index (χ1v) is 6.82. The molecule has 21 heavy (non-hydrogen) atoms. The van der Waals surface area contributed by atoms with Crippen LogP contribution in [0.4, 0.5) is 5.69 Å². The molecule has 0 atom stereocenters. The van der Waals surface area contributed by atoms with E-state index in [1.54, 1.807) is 6.20 Å². The molecule has 0 saturated carbocycles. The summed E-state index contributed by atoms with van der Waals surface area (Å²) in [5, 5.41) is 7.47. The molecule has 0 aliphatic carbocycles. The molecule has 0 spiro atoms. The van der Waals surface area contributed by atoms with E-state index in [4.69, 9.17) is 15.9 Å². The van der Waals surface area contributed by atoms with Gasteiger partial charge in [0.05, 0.1) is 25.1 Å². The Balaban J connectivity index is 1.92. The van der Waals surface area contributed by atoms with Crippen molar-refractivity contribution in [2.45, 2.75) is 0 Å². The number of nitrogens with two attached hydrogens (primary N) is 1. The molecular weight excluding hydrogens is 266 g/mol. The summed E-state index contributed by atoms with van der Waals surface area (Å²) in [6.45, 7) is 3.24. The van der Waals surface area contributed by atoms with Crippen molar-refractivity contribution < 1.29 is 4.74 Å². The minimum absolute atomic E-state index is 0.0332. The molecule has 6 nitrogen and oxygen atoms in total. The lowest BCUT2D eigenvalue weighted by Crippen LogP contribution is -2.36. The van der Waals surface area contributed by atoms with Gasteiger partial charge in [0, 0.05) is 31.0 Å².